The van der Waals surface area contributed by atoms with E-state index in [4.69, 9.17) is 9.47 Å². The van der Waals surface area contributed by atoms with Gasteiger partial charge in [0.05, 0.1) is 0 Å². The van der Waals surface area contributed by atoms with Crippen LogP contribution in [-0.4, -0.2) is 0 Å². The van der Waals surface area contributed by atoms with Crippen molar-refractivity contribution in [1.29, 1.82) is 0 Å². The molecule has 0 aliphatic heterocycles. The molecule has 4 aromatic rings. The molecule has 4 aromatic carbocycles. The van der Waals surface area contributed by atoms with Gasteiger partial charge in [-0.25, -0.2) is 0 Å². The predicted molar refractivity (Wildman–Crippen MR) is 118 cm³/mol. The average molecular weight is 380 g/mol. The van der Waals surface area contributed by atoms with Crippen LogP contribution < -0.4 is 9.47 Å². The summed E-state index contributed by atoms with van der Waals surface area (Å²) in [7, 11) is 0. The molecule has 0 unspecified atom stereocenters. The van der Waals surface area contributed by atoms with Gasteiger partial charge in [-0.15, -0.1) is 0 Å². The van der Waals surface area contributed by atoms with E-state index in [2.05, 4.69) is 56.3 Å². The summed E-state index contributed by atoms with van der Waals surface area (Å²) >= 11 is 0. The molecule has 0 aliphatic carbocycles. The second-order valence-corrected chi connectivity index (χ2v) is 7.30. The molecule has 2 nitrogen and oxygen atoms in total. The average Bonchev–Trinajstić information content (AvgIpc) is 2.73. The van der Waals surface area contributed by atoms with Crippen molar-refractivity contribution in [3.05, 3.63) is 119 Å². The summed E-state index contributed by atoms with van der Waals surface area (Å²) in [5.41, 5.74) is 4.90. The van der Waals surface area contributed by atoms with E-state index in [9.17, 15) is 0 Å². The van der Waals surface area contributed by atoms with E-state index < -0.39 is 0 Å². The van der Waals surface area contributed by atoms with E-state index in [1.807, 2.05) is 54.6 Å². The first-order chi connectivity index (χ1) is 14.1. The van der Waals surface area contributed by atoms with E-state index >= 15 is 0 Å². The van der Waals surface area contributed by atoms with Gasteiger partial charge in [-0.05, 0) is 85.5 Å². The van der Waals surface area contributed by atoms with Gasteiger partial charge in [-0.1, -0.05) is 54.1 Å². The molecular formula is C27H24O2. The fourth-order valence-electron chi connectivity index (χ4n) is 3.14. The van der Waals surface area contributed by atoms with Gasteiger partial charge in [0.15, 0.2) is 0 Å². The third kappa shape index (κ3) is 5.26. The SMILES string of the molecule is Cc1ccc(Oc2ccc(Cc3ccc(Oc4cccc(C)c4)cc3)cc2)cc1. The maximum absolute atomic E-state index is 5.93. The number of ether oxygens (including phenoxy) is 2. The van der Waals surface area contributed by atoms with Crippen molar-refractivity contribution < 1.29 is 9.47 Å². The zero-order chi connectivity index (χ0) is 20.1. The zero-order valence-electron chi connectivity index (χ0n) is 16.8. The van der Waals surface area contributed by atoms with Gasteiger partial charge in [-0.3, -0.25) is 0 Å². The third-order valence-electron chi connectivity index (χ3n) is 4.74. The third-order valence-corrected chi connectivity index (χ3v) is 4.74. The molecule has 0 saturated carbocycles. The van der Waals surface area contributed by atoms with E-state index in [1.54, 1.807) is 0 Å². The Labute approximate surface area is 172 Å². The van der Waals surface area contributed by atoms with E-state index in [-0.39, 0.29) is 0 Å². The number of hydrogen-bond acceptors (Lipinski definition) is 2. The maximum atomic E-state index is 5.93. The van der Waals surface area contributed by atoms with E-state index in [0.29, 0.717) is 0 Å². The van der Waals surface area contributed by atoms with Crippen molar-refractivity contribution in [3.8, 4) is 23.0 Å². The summed E-state index contributed by atoms with van der Waals surface area (Å²) in [4.78, 5) is 0. The highest BCUT2D eigenvalue weighted by Crippen LogP contribution is 2.25. The topological polar surface area (TPSA) is 18.5 Å². The standard InChI is InChI=1S/C27H24O2/c1-20-6-12-24(13-7-20)28-25-14-8-22(9-15-25)19-23-10-16-26(17-11-23)29-27-5-3-4-21(2)18-27/h3-18H,19H2,1-2H3. The Kier molecular flexibility index (Phi) is 5.62. The van der Waals surface area contributed by atoms with Crippen molar-refractivity contribution in [2.45, 2.75) is 20.3 Å². The molecule has 0 spiro atoms. The summed E-state index contributed by atoms with van der Waals surface area (Å²) in [6, 6.07) is 32.7. The van der Waals surface area contributed by atoms with Crippen LogP contribution in [0.1, 0.15) is 22.3 Å². The molecule has 0 amide bonds. The molecule has 0 aliphatic rings. The lowest BCUT2D eigenvalue weighted by atomic mass is 10.0. The van der Waals surface area contributed by atoms with Crippen LogP contribution in [0.3, 0.4) is 0 Å². The molecule has 0 aromatic heterocycles. The molecule has 144 valence electrons. The first-order valence-corrected chi connectivity index (χ1v) is 9.81. The predicted octanol–water partition coefficient (Wildman–Crippen LogP) is 7.48. The highest BCUT2D eigenvalue weighted by Gasteiger charge is 2.02. The van der Waals surface area contributed by atoms with Crippen LogP contribution in [0, 0.1) is 13.8 Å². The summed E-state index contributed by atoms with van der Waals surface area (Å²) in [5, 5.41) is 0. The Balaban J connectivity index is 1.37. The normalized spacial score (nSPS) is 10.6. The largest absolute Gasteiger partial charge is 0.457 e. The number of benzene rings is 4. The van der Waals surface area contributed by atoms with Gasteiger partial charge in [0.25, 0.3) is 0 Å². The van der Waals surface area contributed by atoms with Crippen LogP contribution in [0.2, 0.25) is 0 Å². The lowest BCUT2D eigenvalue weighted by Gasteiger charge is -2.09. The highest BCUT2D eigenvalue weighted by molar-refractivity contribution is 5.38. The van der Waals surface area contributed by atoms with Crippen LogP contribution >= 0.6 is 0 Å². The lowest BCUT2D eigenvalue weighted by Crippen LogP contribution is -1.90. The van der Waals surface area contributed by atoms with Crippen LogP contribution in [0.5, 0.6) is 23.0 Å². The second-order valence-electron chi connectivity index (χ2n) is 7.30. The Bertz CT molecular complexity index is 1060. The van der Waals surface area contributed by atoms with Gasteiger partial charge < -0.3 is 9.47 Å². The van der Waals surface area contributed by atoms with Crippen molar-refractivity contribution in [2.75, 3.05) is 0 Å². The number of rotatable bonds is 6. The van der Waals surface area contributed by atoms with Crippen LogP contribution in [0.25, 0.3) is 0 Å². The Morgan fingerprint density at radius 3 is 1.48 bits per heavy atom. The van der Waals surface area contributed by atoms with Gasteiger partial charge in [0.2, 0.25) is 0 Å². The van der Waals surface area contributed by atoms with E-state index in [0.717, 1.165) is 29.4 Å². The first kappa shape index (κ1) is 18.8. The fraction of sp³-hybridized carbons (Fsp3) is 0.111. The molecule has 0 bridgehead atoms. The van der Waals surface area contributed by atoms with Gasteiger partial charge in [-0.2, -0.15) is 0 Å². The van der Waals surface area contributed by atoms with Crippen LogP contribution in [0.4, 0.5) is 0 Å². The summed E-state index contributed by atoms with van der Waals surface area (Å²) < 4.78 is 11.8. The van der Waals surface area contributed by atoms with Crippen molar-refractivity contribution in [3.63, 3.8) is 0 Å². The minimum atomic E-state index is 0.847. The molecule has 2 heteroatoms. The molecular weight excluding hydrogens is 356 g/mol. The minimum Gasteiger partial charge on any atom is -0.457 e. The fourth-order valence-corrected chi connectivity index (χ4v) is 3.14. The number of hydrogen-bond donors (Lipinski definition) is 0. The maximum Gasteiger partial charge on any atom is 0.127 e. The molecule has 4 rings (SSSR count). The second kappa shape index (κ2) is 8.66. The Hall–Kier alpha value is -3.52. The Morgan fingerprint density at radius 1 is 0.483 bits per heavy atom. The van der Waals surface area contributed by atoms with Crippen LogP contribution in [0.15, 0.2) is 97.1 Å². The van der Waals surface area contributed by atoms with Crippen LogP contribution in [-0.2, 0) is 6.42 Å². The van der Waals surface area contributed by atoms with Crippen molar-refractivity contribution >= 4 is 0 Å². The van der Waals surface area contributed by atoms with Crippen molar-refractivity contribution in [2.24, 2.45) is 0 Å². The quantitative estimate of drug-likeness (QED) is 0.345. The van der Waals surface area contributed by atoms with E-state index in [1.165, 1.54) is 22.3 Å². The molecule has 29 heavy (non-hydrogen) atoms. The molecule has 0 radical (unpaired) electrons. The minimum absolute atomic E-state index is 0.847. The smallest absolute Gasteiger partial charge is 0.127 e. The monoisotopic (exact) mass is 380 g/mol. The summed E-state index contributed by atoms with van der Waals surface area (Å²) in [6.45, 7) is 4.13. The molecule has 0 atom stereocenters. The summed E-state index contributed by atoms with van der Waals surface area (Å²) in [6.07, 6.45) is 0.871. The first-order valence-electron chi connectivity index (χ1n) is 9.81. The molecule has 0 N–H and O–H groups in total. The highest BCUT2D eigenvalue weighted by atomic mass is 16.5. The van der Waals surface area contributed by atoms with Gasteiger partial charge in [0.1, 0.15) is 23.0 Å². The molecule has 0 fully saturated rings. The van der Waals surface area contributed by atoms with Gasteiger partial charge in [0, 0.05) is 0 Å². The lowest BCUT2D eigenvalue weighted by molar-refractivity contribution is 0.482. The molecule has 0 heterocycles. The molecule has 0 saturated heterocycles. The number of aryl methyl sites for hydroxylation is 2. The summed E-state index contributed by atoms with van der Waals surface area (Å²) in [5.74, 6) is 3.41. The zero-order valence-corrected chi connectivity index (χ0v) is 16.8. The van der Waals surface area contributed by atoms with Crippen molar-refractivity contribution in [1.82, 2.24) is 0 Å². The Morgan fingerprint density at radius 2 is 0.966 bits per heavy atom. The van der Waals surface area contributed by atoms with Gasteiger partial charge >= 0.3 is 0 Å².